The summed E-state index contributed by atoms with van der Waals surface area (Å²) in [6, 6.07) is 6.03. The van der Waals surface area contributed by atoms with Gasteiger partial charge in [-0.05, 0) is 43.5 Å². The highest BCUT2D eigenvalue weighted by Gasteiger charge is 2.35. The van der Waals surface area contributed by atoms with Crippen LogP contribution in [-0.2, 0) is 16.0 Å². The fraction of sp³-hybridized carbons (Fsp3) is 0.444. The zero-order valence-electron chi connectivity index (χ0n) is 14.7. The summed E-state index contributed by atoms with van der Waals surface area (Å²) in [5, 5.41) is 12.3. The molecule has 3 rings (SSSR count). The van der Waals surface area contributed by atoms with E-state index >= 15 is 0 Å². The van der Waals surface area contributed by atoms with Gasteiger partial charge >= 0.3 is 0 Å². The smallest absolute Gasteiger partial charge is 0.231 e. The van der Waals surface area contributed by atoms with Crippen molar-refractivity contribution in [2.45, 2.75) is 40.0 Å². The largest absolute Gasteiger partial charge is 0.312 e. The van der Waals surface area contributed by atoms with E-state index in [1.807, 2.05) is 26.0 Å². The van der Waals surface area contributed by atoms with Gasteiger partial charge in [0.1, 0.15) is 5.01 Å². The van der Waals surface area contributed by atoms with Gasteiger partial charge in [-0.15, -0.1) is 10.2 Å². The molecule has 7 heteroatoms. The van der Waals surface area contributed by atoms with Gasteiger partial charge in [0.05, 0.1) is 5.92 Å². The molecule has 2 heterocycles. The van der Waals surface area contributed by atoms with Crippen molar-refractivity contribution in [3.05, 3.63) is 34.3 Å². The number of hydrogen-bond acceptors (Lipinski definition) is 5. The van der Waals surface area contributed by atoms with Crippen molar-refractivity contribution in [1.29, 1.82) is 0 Å². The number of anilines is 2. The molecule has 1 unspecified atom stereocenters. The predicted molar refractivity (Wildman–Crippen MR) is 98.9 cm³/mol. The van der Waals surface area contributed by atoms with E-state index in [1.54, 1.807) is 4.90 Å². The van der Waals surface area contributed by atoms with Crippen LogP contribution in [0.2, 0.25) is 0 Å². The summed E-state index contributed by atoms with van der Waals surface area (Å²) in [5.74, 6) is -0.555. The summed E-state index contributed by atoms with van der Waals surface area (Å²) in [7, 11) is 0. The first-order valence-electron chi connectivity index (χ1n) is 8.48. The molecule has 1 saturated heterocycles. The van der Waals surface area contributed by atoms with E-state index in [2.05, 4.69) is 28.5 Å². The van der Waals surface area contributed by atoms with Gasteiger partial charge in [0.15, 0.2) is 0 Å². The van der Waals surface area contributed by atoms with Crippen molar-refractivity contribution in [2.24, 2.45) is 5.92 Å². The fourth-order valence-corrected chi connectivity index (χ4v) is 3.91. The molecule has 2 amide bonds. The number of hydrogen-bond donors (Lipinski definition) is 1. The second kappa shape index (κ2) is 7.31. The number of aromatic nitrogens is 2. The Bertz CT molecular complexity index is 782. The Morgan fingerprint density at radius 3 is 2.68 bits per heavy atom. The van der Waals surface area contributed by atoms with Crippen LogP contribution in [0.5, 0.6) is 0 Å². The van der Waals surface area contributed by atoms with Crippen LogP contribution in [0.1, 0.15) is 35.9 Å². The number of nitrogens with one attached hydrogen (secondary N) is 1. The predicted octanol–water partition coefficient (Wildman–Crippen LogP) is 3.10. The zero-order valence-corrected chi connectivity index (χ0v) is 15.5. The summed E-state index contributed by atoms with van der Waals surface area (Å²) in [5.41, 5.74) is 3.07. The van der Waals surface area contributed by atoms with E-state index in [0.717, 1.165) is 34.7 Å². The monoisotopic (exact) mass is 358 g/mol. The maximum absolute atomic E-state index is 12.5. The van der Waals surface area contributed by atoms with E-state index in [0.29, 0.717) is 11.7 Å². The molecule has 1 aliphatic rings. The first kappa shape index (κ1) is 17.5. The van der Waals surface area contributed by atoms with Gasteiger partial charge in [-0.2, -0.15) is 0 Å². The van der Waals surface area contributed by atoms with Crippen molar-refractivity contribution in [3.8, 4) is 0 Å². The first-order chi connectivity index (χ1) is 12.0. The van der Waals surface area contributed by atoms with Gasteiger partial charge in [-0.1, -0.05) is 24.3 Å². The molecule has 132 valence electrons. The Hall–Kier alpha value is -2.28. The zero-order chi connectivity index (χ0) is 18.0. The Kier molecular flexibility index (Phi) is 5.13. The summed E-state index contributed by atoms with van der Waals surface area (Å²) in [6.45, 7) is 6.48. The molecule has 0 saturated carbocycles. The van der Waals surface area contributed by atoms with E-state index in [1.165, 1.54) is 11.3 Å². The standard InChI is InChI=1S/C18H22N4O2S/c1-4-5-15-20-21-18(25-15)19-17(24)13-9-16(23)22(10-13)14-7-11(2)6-12(3)8-14/h6-8,13H,4-5,9-10H2,1-3H3,(H,19,21,24). The van der Waals surface area contributed by atoms with Crippen molar-refractivity contribution in [2.75, 3.05) is 16.8 Å². The SMILES string of the molecule is CCCc1nnc(NC(=O)C2CC(=O)N(c3cc(C)cc(C)c3)C2)s1. The summed E-state index contributed by atoms with van der Waals surface area (Å²) >= 11 is 1.39. The van der Waals surface area contributed by atoms with Gasteiger partial charge in [-0.25, -0.2) is 0 Å². The van der Waals surface area contributed by atoms with Crippen LogP contribution in [0.15, 0.2) is 18.2 Å². The molecular weight excluding hydrogens is 336 g/mol. The van der Waals surface area contributed by atoms with Crippen molar-refractivity contribution < 1.29 is 9.59 Å². The molecule has 1 fully saturated rings. The lowest BCUT2D eigenvalue weighted by molar-refractivity contribution is -0.122. The average molecular weight is 358 g/mol. The van der Waals surface area contributed by atoms with E-state index < -0.39 is 0 Å². The molecule has 0 bridgehead atoms. The minimum Gasteiger partial charge on any atom is -0.312 e. The van der Waals surface area contributed by atoms with Gasteiger partial charge in [0, 0.05) is 25.1 Å². The van der Waals surface area contributed by atoms with Crippen LogP contribution in [0.3, 0.4) is 0 Å². The van der Waals surface area contributed by atoms with E-state index in [9.17, 15) is 9.59 Å². The van der Waals surface area contributed by atoms with Crippen LogP contribution in [0.25, 0.3) is 0 Å². The lowest BCUT2D eigenvalue weighted by Crippen LogP contribution is -2.28. The molecule has 1 N–H and O–H groups in total. The van der Waals surface area contributed by atoms with Gasteiger partial charge in [-0.3, -0.25) is 9.59 Å². The molecule has 1 aliphatic heterocycles. The highest BCUT2D eigenvalue weighted by molar-refractivity contribution is 7.15. The molecule has 1 atom stereocenters. The Labute approximate surface area is 151 Å². The van der Waals surface area contributed by atoms with Gasteiger partial charge in [0.2, 0.25) is 16.9 Å². The number of rotatable bonds is 5. The Morgan fingerprint density at radius 1 is 1.28 bits per heavy atom. The topological polar surface area (TPSA) is 75.2 Å². The summed E-state index contributed by atoms with van der Waals surface area (Å²) < 4.78 is 0. The quantitative estimate of drug-likeness (QED) is 0.891. The lowest BCUT2D eigenvalue weighted by Gasteiger charge is -2.18. The highest BCUT2D eigenvalue weighted by Crippen LogP contribution is 2.28. The second-order valence-corrected chi connectivity index (χ2v) is 7.55. The maximum atomic E-state index is 12.5. The Morgan fingerprint density at radius 2 is 2.00 bits per heavy atom. The number of aryl methyl sites for hydroxylation is 3. The third-order valence-corrected chi connectivity index (χ3v) is 5.07. The van der Waals surface area contributed by atoms with E-state index in [-0.39, 0.29) is 24.2 Å². The molecule has 0 spiro atoms. The molecular formula is C18H22N4O2S. The van der Waals surface area contributed by atoms with Crippen LogP contribution < -0.4 is 10.2 Å². The summed E-state index contributed by atoms with van der Waals surface area (Å²) in [6.07, 6.45) is 2.07. The number of nitrogens with zero attached hydrogens (tertiary/aromatic N) is 3. The number of benzene rings is 1. The number of carbonyl (C=O) groups is 2. The molecule has 1 aromatic carbocycles. The molecule has 1 aromatic heterocycles. The van der Waals surface area contributed by atoms with Crippen LogP contribution in [0.4, 0.5) is 10.8 Å². The maximum Gasteiger partial charge on any atom is 0.231 e. The van der Waals surface area contributed by atoms with Gasteiger partial charge < -0.3 is 10.2 Å². The molecule has 0 aliphatic carbocycles. The number of amides is 2. The van der Waals surface area contributed by atoms with Crippen LogP contribution in [-0.4, -0.2) is 28.6 Å². The van der Waals surface area contributed by atoms with Crippen LogP contribution >= 0.6 is 11.3 Å². The minimum absolute atomic E-state index is 0.0194. The third-order valence-electron chi connectivity index (χ3n) is 4.17. The van der Waals surface area contributed by atoms with E-state index in [4.69, 9.17) is 0 Å². The molecule has 2 aromatic rings. The minimum atomic E-state index is -0.369. The van der Waals surface area contributed by atoms with Crippen LogP contribution in [0, 0.1) is 19.8 Å². The third kappa shape index (κ3) is 4.04. The average Bonchev–Trinajstić information content (AvgIpc) is 3.13. The fourth-order valence-electron chi connectivity index (χ4n) is 3.07. The first-order valence-corrected chi connectivity index (χ1v) is 9.30. The molecule has 0 radical (unpaired) electrons. The normalized spacial score (nSPS) is 17.2. The lowest BCUT2D eigenvalue weighted by atomic mass is 10.1. The highest BCUT2D eigenvalue weighted by atomic mass is 32.1. The Balaban J connectivity index is 1.67. The van der Waals surface area contributed by atoms with Crippen molar-refractivity contribution in [1.82, 2.24) is 10.2 Å². The molecule has 25 heavy (non-hydrogen) atoms. The molecule has 6 nitrogen and oxygen atoms in total. The second-order valence-electron chi connectivity index (χ2n) is 6.49. The van der Waals surface area contributed by atoms with Crippen molar-refractivity contribution in [3.63, 3.8) is 0 Å². The van der Waals surface area contributed by atoms with Crippen molar-refractivity contribution >= 4 is 34.0 Å². The number of carbonyl (C=O) groups excluding carboxylic acids is 2. The summed E-state index contributed by atoms with van der Waals surface area (Å²) in [4.78, 5) is 26.6. The van der Waals surface area contributed by atoms with Gasteiger partial charge in [0.25, 0.3) is 0 Å².